The van der Waals surface area contributed by atoms with E-state index in [4.69, 9.17) is 5.10 Å². The van der Waals surface area contributed by atoms with Crippen LogP contribution in [0, 0.1) is 13.8 Å². The summed E-state index contributed by atoms with van der Waals surface area (Å²) in [5, 5.41) is 12.0. The zero-order valence-electron chi connectivity index (χ0n) is 13.9. The van der Waals surface area contributed by atoms with Crippen molar-refractivity contribution in [1.29, 1.82) is 0 Å². The Balaban J connectivity index is 1.93. The summed E-state index contributed by atoms with van der Waals surface area (Å²) in [6.45, 7) is 4.04. The van der Waals surface area contributed by atoms with Gasteiger partial charge in [-0.05, 0) is 31.5 Å². The molecule has 3 aromatic rings. The smallest absolute Gasteiger partial charge is 0.226 e. The molecule has 6 nitrogen and oxygen atoms in total. The zero-order chi connectivity index (χ0) is 16.8. The SMILES string of the molecule is Cc1ccccc1-n1nc(C)c2c1NC(=O)CC2c1ccnn1C. The predicted molar refractivity (Wildman–Crippen MR) is 91.3 cm³/mol. The standard InChI is InChI=1S/C18H19N5O/c1-11-6-4-5-7-14(11)23-18-17(12(2)21-23)13(10-16(24)20-18)15-8-9-19-22(15)3/h4-9,13H,10H2,1-3H3,(H,20,24). The predicted octanol–water partition coefficient (Wildman–Crippen LogP) is 2.70. The van der Waals surface area contributed by atoms with E-state index in [1.807, 2.05) is 60.6 Å². The first kappa shape index (κ1) is 14.7. The molecular weight excluding hydrogens is 302 g/mol. The second-order valence-electron chi connectivity index (χ2n) is 6.23. The summed E-state index contributed by atoms with van der Waals surface area (Å²) in [4.78, 5) is 12.3. The molecule has 0 radical (unpaired) electrons. The maximum Gasteiger partial charge on any atom is 0.226 e. The molecule has 3 heterocycles. The molecule has 1 aliphatic rings. The summed E-state index contributed by atoms with van der Waals surface area (Å²) in [6, 6.07) is 10.0. The van der Waals surface area contributed by atoms with E-state index in [-0.39, 0.29) is 11.8 Å². The van der Waals surface area contributed by atoms with Gasteiger partial charge in [0.25, 0.3) is 0 Å². The third kappa shape index (κ3) is 2.14. The summed E-state index contributed by atoms with van der Waals surface area (Å²) < 4.78 is 3.68. The number of nitrogens with one attached hydrogen (secondary N) is 1. The summed E-state index contributed by atoms with van der Waals surface area (Å²) in [6.07, 6.45) is 2.18. The van der Waals surface area contributed by atoms with Crippen LogP contribution in [0.5, 0.6) is 0 Å². The number of anilines is 1. The van der Waals surface area contributed by atoms with Crippen LogP contribution in [0.4, 0.5) is 5.82 Å². The number of rotatable bonds is 2. The molecule has 0 spiro atoms. The molecule has 0 saturated carbocycles. The molecule has 1 N–H and O–H groups in total. The molecule has 0 saturated heterocycles. The van der Waals surface area contributed by atoms with Gasteiger partial charge in [-0.2, -0.15) is 10.2 Å². The minimum atomic E-state index is -0.0287. The first-order valence-electron chi connectivity index (χ1n) is 7.99. The van der Waals surface area contributed by atoms with Crippen molar-refractivity contribution in [3.63, 3.8) is 0 Å². The number of aromatic nitrogens is 4. The van der Waals surface area contributed by atoms with Crippen LogP contribution in [-0.2, 0) is 11.8 Å². The molecule has 1 aromatic carbocycles. The van der Waals surface area contributed by atoms with Gasteiger partial charge in [-0.1, -0.05) is 18.2 Å². The number of hydrogen-bond donors (Lipinski definition) is 1. The number of fused-ring (bicyclic) bond motifs is 1. The van der Waals surface area contributed by atoms with Gasteiger partial charge in [0.2, 0.25) is 5.91 Å². The number of aryl methyl sites for hydroxylation is 3. The lowest BCUT2D eigenvalue weighted by atomic mass is 9.89. The van der Waals surface area contributed by atoms with E-state index in [2.05, 4.69) is 10.4 Å². The second kappa shape index (κ2) is 5.33. The molecule has 4 rings (SSSR count). The average molecular weight is 321 g/mol. The molecule has 122 valence electrons. The van der Waals surface area contributed by atoms with Crippen molar-refractivity contribution in [3.8, 4) is 5.69 Å². The fraction of sp³-hybridized carbons (Fsp3) is 0.278. The van der Waals surface area contributed by atoms with Crippen molar-refractivity contribution in [2.75, 3.05) is 5.32 Å². The monoisotopic (exact) mass is 321 g/mol. The van der Waals surface area contributed by atoms with Gasteiger partial charge in [0.1, 0.15) is 5.82 Å². The van der Waals surface area contributed by atoms with Crippen LogP contribution < -0.4 is 5.32 Å². The maximum absolute atomic E-state index is 12.3. The van der Waals surface area contributed by atoms with Crippen LogP contribution in [0.2, 0.25) is 0 Å². The van der Waals surface area contributed by atoms with Crippen LogP contribution in [0.15, 0.2) is 36.5 Å². The van der Waals surface area contributed by atoms with Crippen molar-refractivity contribution in [3.05, 3.63) is 59.0 Å². The van der Waals surface area contributed by atoms with Gasteiger partial charge in [-0.3, -0.25) is 9.48 Å². The minimum Gasteiger partial charge on any atom is -0.310 e. The van der Waals surface area contributed by atoms with Crippen LogP contribution in [-0.4, -0.2) is 25.5 Å². The van der Waals surface area contributed by atoms with Gasteiger partial charge in [-0.25, -0.2) is 4.68 Å². The van der Waals surface area contributed by atoms with Crippen molar-refractivity contribution in [2.24, 2.45) is 7.05 Å². The number of carbonyl (C=O) groups is 1. The van der Waals surface area contributed by atoms with E-state index in [1.54, 1.807) is 6.20 Å². The highest BCUT2D eigenvalue weighted by atomic mass is 16.1. The molecule has 6 heteroatoms. The third-order valence-corrected chi connectivity index (χ3v) is 4.66. The Hall–Kier alpha value is -2.89. The Kier molecular flexibility index (Phi) is 3.26. The molecule has 1 amide bonds. The van der Waals surface area contributed by atoms with Crippen LogP contribution in [0.25, 0.3) is 5.69 Å². The molecule has 0 fully saturated rings. The molecule has 2 aromatic heterocycles. The zero-order valence-corrected chi connectivity index (χ0v) is 13.9. The molecule has 0 aliphatic carbocycles. The first-order chi connectivity index (χ1) is 11.6. The second-order valence-corrected chi connectivity index (χ2v) is 6.23. The Morgan fingerprint density at radius 3 is 2.71 bits per heavy atom. The highest BCUT2D eigenvalue weighted by Crippen LogP contribution is 2.40. The number of nitrogens with zero attached hydrogens (tertiary/aromatic N) is 4. The minimum absolute atomic E-state index is 0.00318. The van der Waals surface area contributed by atoms with Crippen LogP contribution >= 0.6 is 0 Å². The lowest BCUT2D eigenvalue weighted by molar-refractivity contribution is -0.116. The Bertz CT molecular complexity index is 937. The summed E-state index contributed by atoms with van der Waals surface area (Å²) in [7, 11) is 1.91. The van der Waals surface area contributed by atoms with Gasteiger partial charge in [0, 0.05) is 36.8 Å². The average Bonchev–Trinajstić information content (AvgIpc) is 3.11. The van der Waals surface area contributed by atoms with Gasteiger partial charge in [0.15, 0.2) is 0 Å². The van der Waals surface area contributed by atoms with E-state index in [1.165, 1.54) is 0 Å². The van der Waals surface area contributed by atoms with Gasteiger partial charge < -0.3 is 5.32 Å². The number of para-hydroxylation sites is 1. The first-order valence-corrected chi connectivity index (χ1v) is 7.99. The normalized spacial score (nSPS) is 16.8. The van der Waals surface area contributed by atoms with Gasteiger partial charge in [0.05, 0.1) is 11.4 Å². The van der Waals surface area contributed by atoms with E-state index < -0.39 is 0 Å². The summed E-state index contributed by atoms with van der Waals surface area (Å²) in [5.74, 6) is 0.742. The fourth-order valence-corrected chi connectivity index (χ4v) is 3.50. The molecule has 24 heavy (non-hydrogen) atoms. The topological polar surface area (TPSA) is 64.7 Å². The Labute approximate surface area is 140 Å². The third-order valence-electron chi connectivity index (χ3n) is 4.66. The molecule has 0 bridgehead atoms. The highest BCUT2D eigenvalue weighted by Gasteiger charge is 2.34. The highest BCUT2D eigenvalue weighted by molar-refractivity contribution is 5.95. The van der Waals surface area contributed by atoms with E-state index in [0.717, 1.165) is 34.0 Å². The van der Waals surface area contributed by atoms with Crippen molar-refractivity contribution in [2.45, 2.75) is 26.2 Å². The van der Waals surface area contributed by atoms with Crippen molar-refractivity contribution in [1.82, 2.24) is 19.6 Å². The largest absolute Gasteiger partial charge is 0.310 e. The molecule has 1 unspecified atom stereocenters. The molecule has 1 atom stereocenters. The van der Waals surface area contributed by atoms with Crippen LogP contribution in [0.3, 0.4) is 0 Å². The van der Waals surface area contributed by atoms with Crippen LogP contribution in [0.1, 0.15) is 34.9 Å². The maximum atomic E-state index is 12.3. The van der Waals surface area contributed by atoms with Crippen molar-refractivity contribution >= 4 is 11.7 Å². The fourth-order valence-electron chi connectivity index (χ4n) is 3.50. The summed E-state index contributed by atoms with van der Waals surface area (Å²) in [5.41, 5.74) is 5.12. The number of benzene rings is 1. The number of amides is 1. The number of carbonyl (C=O) groups excluding carboxylic acids is 1. The molecule has 1 aliphatic heterocycles. The Morgan fingerprint density at radius 1 is 1.21 bits per heavy atom. The molecular formula is C18H19N5O. The quantitative estimate of drug-likeness (QED) is 0.789. The van der Waals surface area contributed by atoms with E-state index >= 15 is 0 Å². The summed E-state index contributed by atoms with van der Waals surface area (Å²) >= 11 is 0. The lowest BCUT2D eigenvalue weighted by Crippen LogP contribution is -2.26. The Morgan fingerprint density at radius 2 is 2.00 bits per heavy atom. The van der Waals surface area contributed by atoms with Gasteiger partial charge in [-0.15, -0.1) is 0 Å². The van der Waals surface area contributed by atoms with E-state index in [0.29, 0.717) is 6.42 Å². The van der Waals surface area contributed by atoms with Gasteiger partial charge >= 0.3 is 0 Å². The lowest BCUT2D eigenvalue weighted by Gasteiger charge is -2.24. The number of hydrogen-bond acceptors (Lipinski definition) is 3. The van der Waals surface area contributed by atoms with E-state index in [9.17, 15) is 4.79 Å². The van der Waals surface area contributed by atoms with Crippen molar-refractivity contribution < 1.29 is 4.79 Å².